The Labute approximate surface area is 90.7 Å². The average Bonchev–Trinajstić information content (AvgIpc) is 2.79. The molecule has 1 fully saturated rings. The molecule has 1 aromatic carbocycles. The normalized spacial score (nSPS) is 30.0. The first-order valence-electron chi connectivity index (χ1n) is 3.96. The van der Waals surface area contributed by atoms with E-state index in [-0.39, 0.29) is 0 Å². The largest absolute Gasteiger partial charge is 0.367 e. The van der Waals surface area contributed by atoms with Gasteiger partial charge < -0.3 is 10.5 Å². The zero-order valence-electron chi connectivity index (χ0n) is 7.04. The summed E-state index contributed by atoms with van der Waals surface area (Å²) in [6.45, 7) is 0. The van der Waals surface area contributed by atoms with Gasteiger partial charge in [0.15, 0.2) is 5.56 Å². The Balaban J connectivity index is 2.49. The standard InChI is InChI=1S/C9H7Cl2NO2/c10-6-4-2-1-3-5(6)9(8(12)13)7(11)14-9/h1-4,7H,(H2,12,13). The molecule has 1 saturated heterocycles. The molecule has 1 aliphatic rings. The molecule has 0 aliphatic carbocycles. The van der Waals surface area contributed by atoms with Crippen LogP contribution >= 0.6 is 23.2 Å². The van der Waals surface area contributed by atoms with Gasteiger partial charge in [-0.25, -0.2) is 0 Å². The number of carbonyl (C=O) groups excluding carboxylic acids is 1. The summed E-state index contributed by atoms with van der Waals surface area (Å²) in [5, 5.41) is 0.425. The summed E-state index contributed by atoms with van der Waals surface area (Å²) in [5.41, 5.74) is 3.78. The third-order valence-corrected chi connectivity index (χ3v) is 2.92. The van der Waals surface area contributed by atoms with E-state index in [1.165, 1.54) is 0 Å². The van der Waals surface area contributed by atoms with E-state index in [0.717, 1.165) is 0 Å². The topological polar surface area (TPSA) is 55.6 Å². The number of ether oxygens (including phenoxy) is 1. The van der Waals surface area contributed by atoms with E-state index in [1.54, 1.807) is 24.3 Å². The number of halogens is 2. The zero-order valence-corrected chi connectivity index (χ0v) is 8.55. The molecular formula is C9H7Cl2NO2. The van der Waals surface area contributed by atoms with Crippen molar-refractivity contribution >= 4 is 29.1 Å². The molecule has 0 saturated carbocycles. The van der Waals surface area contributed by atoms with Crippen molar-refractivity contribution in [1.29, 1.82) is 0 Å². The first kappa shape index (κ1) is 9.77. The summed E-state index contributed by atoms with van der Waals surface area (Å²) in [7, 11) is 0. The van der Waals surface area contributed by atoms with Gasteiger partial charge in [0.2, 0.25) is 5.60 Å². The van der Waals surface area contributed by atoms with Crippen LogP contribution in [0.1, 0.15) is 5.56 Å². The smallest absolute Gasteiger partial charge is 0.258 e. The number of amides is 1. The number of alkyl halides is 1. The molecule has 1 aliphatic heterocycles. The summed E-state index contributed by atoms with van der Waals surface area (Å²) in [5.74, 6) is -0.620. The molecule has 0 aromatic heterocycles. The predicted molar refractivity (Wildman–Crippen MR) is 53.1 cm³/mol. The number of carbonyl (C=O) groups is 1. The number of rotatable bonds is 2. The van der Waals surface area contributed by atoms with Crippen LogP contribution < -0.4 is 5.73 Å². The second kappa shape index (κ2) is 3.12. The van der Waals surface area contributed by atoms with E-state index < -0.39 is 17.1 Å². The van der Waals surface area contributed by atoms with Crippen LogP contribution in [-0.2, 0) is 15.1 Å². The van der Waals surface area contributed by atoms with Gasteiger partial charge in [-0.2, -0.15) is 0 Å². The van der Waals surface area contributed by atoms with Gasteiger partial charge in [0.05, 0.1) is 0 Å². The van der Waals surface area contributed by atoms with Crippen molar-refractivity contribution in [2.45, 2.75) is 11.2 Å². The molecule has 1 amide bonds. The van der Waals surface area contributed by atoms with Crippen molar-refractivity contribution in [1.82, 2.24) is 0 Å². The summed E-state index contributed by atoms with van der Waals surface area (Å²) in [6, 6.07) is 6.84. The molecule has 5 heteroatoms. The highest BCUT2D eigenvalue weighted by Crippen LogP contribution is 2.50. The average molecular weight is 232 g/mol. The van der Waals surface area contributed by atoms with E-state index in [1.807, 2.05) is 0 Å². The molecule has 1 aromatic rings. The van der Waals surface area contributed by atoms with Crippen LogP contribution in [0.15, 0.2) is 24.3 Å². The number of nitrogens with two attached hydrogens (primary N) is 1. The molecule has 2 unspecified atom stereocenters. The van der Waals surface area contributed by atoms with E-state index in [2.05, 4.69) is 0 Å². The molecule has 14 heavy (non-hydrogen) atoms. The Morgan fingerprint density at radius 3 is 2.50 bits per heavy atom. The molecule has 0 spiro atoms. The third kappa shape index (κ3) is 1.21. The van der Waals surface area contributed by atoms with Crippen molar-refractivity contribution in [3.8, 4) is 0 Å². The van der Waals surface area contributed by atoms with Gasteiger partial charge in [-0.3, -0.25) is 4.79 Å². The lowest BCUT2D eigenvalue weighted by Crippen LogP contribution is -2.31. The van der Waals surface area contributed by atoms with Crippen molar-refractivity contribution in [2.75, 3.05) is 0 Å². The SMILES string of the molecule is NC(=O)C1(c2ccccc2Cl)OC1Cl. The van der Waals surface area contributed by atoms with Crippen molar-refractivity contribution < 1.29 is 9.53 Å². The predicted octanol–water partition coefficient (Wildman–Crippen LogP) is 1.62. The van der Waals surface area contributed by atoms with E-state index in [4.69, 9.17) is 33.7 Å². The maximum Gasteiger partial charge on any atom is 0.258 e. The Morgan fingerprint density at radius 1 is 1.50 bits per heavy atom. The van der Waals surface area contributed by atoms with Crippen LogP contribution in [-0.4, -0.2) is 11.5 Å². The molecule has 1 heterocycles. The molecule has 0 bridgehead atoms. The van der Waals surface area contributed by atoms with Crippen molar-refractivity contribution in [3.05, 3.63) is 34.9 Å². The second-order valence-corrected chi connectivity index (χ2v) is 3.82. The Bertz CT molecular complexity index is 396. The zero-order chi connectivity index (χ0) is 10.3. The Hall–Kier alpha value is -0.770. The fraction of sp³-hybridized carbons (Fsp3) is 0.222. The van der Waals surface area contributed by atoms with Crippen LogP contribution in [0.3, 0.4) is 0 Å². The maximum absolute atomic E-state index is 11.2. The van der Waals surface area contributed by atoms with Gasteiger partial charge >= 0.3 is 0 Å². The van der Waals surface area contributed by atoms with Crippen molar-refractivity contribution in [2.24, 2.45) is 5.73 Å². The highest BCUT2D eigenvalue weighted by Gasteiger charge is 2.63. The van der Waals surface area contributed by atoms with E-state index >= 15 is 0 Å². The minimum absolute atomic E-state index is 0.425. The molecular weight excluding hydrogens is 225 g/mol. The Morgan fingerprint density at radius 2 is 2.07 bits per heavy atom. The highest BCUT2D eigenvalue weighted by atomic mass is 35.5. The van der Waals surface area contributed by atoms with Crippen LogP contribution in [0.2, 0.25) is 5.02 Å². The molecule has 0 radical (unpaired) electrons. The fourth-order valence-corrected chi connectivity index (χ4v) is 2.02. The van der Waals surface area contributed by atoms with Crippen molar-refractivity contribution in [3.63, 3.8) is 0 Å². The first-order valence-corrected chi connectivity index (χ1v) is 4.77. The summed E-state index contributed by atoms with van der Waals surface area (Å²) >= 11 is 11.6. The number of epoxide rings is 1. The summed E-state index contributed by atoms with van der Waals surface area (Å²) in [4.78, 5) is 11.2. The van der Waals surface area contributed by atoms with Crippen LogP contribution in [0.4, 0.5) is 0 Å². The lowest BCUT2D eigenvalue weighted by molar-refractivity contribution is -0.123. The number of benzene rings is 1. The van der Waals surface area contributed by atoms with E-state index in [0.29, 0.717) is 10.6 Å². The summed E-state index contributed by atoms with van der Waals surface area (Å²) < 4.78 is 5.04. The van der Waals surface area contributed by atoms with Crippen LogP contribution in [0, 0.1) is 0 Å². The molecule has 3 nitrogen and oxygen atoms in total. The number of hydrogen-bond acceptors (Lipinski definition) is 2. The maximum atomic E-state index is 11.2. The molecule has 74 valence electrons. The summed E-state index contributed by atoms with van der Waals surface area (Å²) in [6.07, 6.45) is 0. The fourth-order valence-electron chi connectivity index (χ4n) is 1.38. The number of hydrogen-bond donors (Lipinski definition) is 1. The second-order valence-electron chi connectivity index (χ2n) is 3.01. The van der Waals surface area contributed by atoms with E-state index in [9.17, 15) is 4.79 Å². The molecule has 2 atom stereocenters. The molecule has 2 N–H and O–H groups in total. The first-order chi connectivity index (χ1) is 6.59. The van der Waals surface area contributed by atoms with Crippen LogP contribution in [0.25, 0.3) is 0 Å². The Kier molecular flexibility index (Phi) is 2.18. The van der Waals surface area contributed by atoms with Crippen LogP contribution in [0.5, 0.6) is 0 Å². The minimum Gasteiger partial charge on any atom is -0.367 e. The third-order valence-electron chi connectivity index (χ3n) is 2.19. The quantitative estimate of drug-likeness (QED) is 0.622. The van der Waals surface area contributed by atoms with Gasteiger partial charge in [0.1, 0.15) is 0 Å². The van der Waals surface area contributed by atoms with Gasteiger partial charge in [-0.05, 0) is 6.07 Å². The molecule has 2 rings (SSSR count). The van der Waals surface area contributed by atoms with Gasteiger partial charge in [-0.15, -0.1) is 0 Å². The highest BCUT2D eigenvalue weighted by molar-refractivity contribution is 6.32. The van der Waals surface area contributed by atoms with Gasteiger partial charge in [-0.1, -0.05) is 41.4 Å². The minimum atomic E-state index is -1.24. The monoisotopic (exact) mass is 231 g/mol. The number of primary amides is 1. The lowest BCUT2D eigenvalue weighted by Gasteiger charge is -2.09. The lowest BCUT2D eigenvalue weighted by atomic mass is 9.99. The van der Waals surface area contributed by atoms with Gasteiger partial charge in [0.25, 0.3) is 5.91 Å². The van der Waals surface area contributed by atoms with Gasteiger partial charge in [0, 0.05) is 10.6 Å².